The Bertz CT molecular complexity index is 1000. The maximum atomic E-state index is 12.2. The molecule has 1 heterocycles. The Kier molecular flexibility index (Phi) is 5.06. The molecule has 10 heteroatoms. The monoisotopic (exact) mass is 367 g/mol. The highest BCUT2D eigenvalue weighted by Gasteiger charge is 2.14. The summed E-state index contributed by atoms with van der Waals surface area (Å²) in [5.41, 5.74) is 2.32. The second-order valence-corrected chi connectivity index (χ2v) is 5.82. The van der Waals surface area contributed by atoms with E-state index in [0.29, 0.717) is 17.1 Å². The summed E-state index contributed by atoms with van der Waals surface area (Å²) in [5, 5.41) is 28.0. The van der Waals surface area contributed by atoms with Crippen LogP contribution in [0.2, 0.25) is 0 Å². The van der Waals surface area contributed by atoms with Gasteiger partial charge in [0, 0.05) is 24.4 Å². The van der Waals surface area contributed by atoms with Crippen molar-refractivity contribution in [1.82, 2.24) is 20.2 Å². The number of aromatic nitrogens is 4. The average Bonchev–Trinajstić information content (AvgIpc) is 3.08. The average molecular weight is 367 g/mol. The summed E-state index contributed by atoms with van der Waals surface area (Å²) in [6, 6.07) is 11.9. The Labute approximate surface area is 154 Å². The van der Waals surface area contributed by atoms with E-state index in [-0.39, 0.29) is 18.1 Å². The molecule has 10 nitrogen and oxygen atoms in total. The molecule has 0 bridgehead atoms. The predicted molar refractivity (Wildman–Crippen MR) is 99.2 cm³/mol. The number of carbonyl (C=O) groups is 1. The van der Waals surface area contributed by atoms with E-state index < -0.39 is 4.92 Å². The third kappa shape index (κ3) is 4.06. The van der Waals surface area contributed by atoms with Gasteiger partial charge in [-0.3, -0.25) is 14.9 Å². The van der Waals surface area contributed by atoms with Gasteiger partial charge in [-0.25, -0.2) is 4.68 Å². The van der Waals surface area contributed by atoms with E-state index in [9.17, 15) is 14.9 Å². The summed E-state index contributed by atoms with van der Waals surface area (Å²) < 4.78 is 1.55. The number of nitro benzene ring substituents is 1. The lowest BCUT2D eigenvalue weighted by molar-refractivity contribution is -0.385. The maximum Gasteiger partial charge on any atom is 0.274 e. The second-order valence-electron chi connectivity index (χ2n) is 5.82. The first-order valence-electron chi connectivity index (χ1n) is 8.06. The van der Waals surface area contributed by atoms with Crippen molar-refractivity contribution < 1.29 is 9.72 Å². The SMILES string of the molecule is Cc1c(NC(=O)CNc2cccc(-c3nnnn3C)c2)cccc1[N+](=O)[O-]. The topological polar surface area (TPSA) is 128 Å². The zero-order chi connectivity index (χ0) is 19.4. The van der Waals surface area contributed by atoms with Crippen LogP contribution in [0.1, 0.15) is 5.56 Å². The van der Waals surface area contributed by atoms with Gasteiger partial charge in [0.15, 0.2) is 5.82 Å². The minimum absolute atomic E-state index is 0.00263. The van der Waals surface area contributed by atoms with Crippen molar-refractivity contribution >= 4 is 23.0 Å². The molecular formula is C17H17N7O3. The number of nitrogens with zero attached hydrogens (tertiary/aromatic N) is 5. The van der Waals surface area contributed by atoms with Gasteiger partial charge in [-0.15, -0.1) is 5.10 Å². The Hall–Kier alpha value is -3.82. The lowest BCUT2D eigenvalue weighted by Gasteiger charge is -2.10. The van der Waals surface area contributed by atoms with Crippen LogP contribution < -0.4 is 10.6 Å². The number of nitro groups is 1. The molecule has 3 aromatic rings. The third-order valence-electron chi connectivity index (χ3n) is 3.97. The molecule has 0 aliphatic rings. The van der Waals surface area contributed by atoms with Gasteiger partial charge >= 0.3 is 0 Å². The number of tetrazole rings is 1. The molecule has 0 spiro atoms. The van der Waals surface area contributed by atoms with Crippen molar-refractivity contribution in [1.29, 1.82) is 0 Å². The quantitative estimate of drug-likeness (QED) is 0.504. The molecule has 27 heavy (non-hydrogen) atoms. The summed E-state index contributed by atoms with van der Waals surface area (Å²) >= 11 is 0. The summed E-state index contributed by atoms with van der Waals surface area (Å²) in [5.74, 6) is 0.291. The van der Waals surface area contributed by atoms with E-state index in [2.05, 4.69) is 26.2 Å². The van der Waals surface area contributed by atoms with Crippen molar-refractivity contribution in [2.24, 2.45) is 7.05 Å². The number of nitrogens with one attached hydrogen (secondary N) is 2. The van der Waals surface area contributed by atoms with Gasteiger partial charge < -0.3 is 10.6 Å². The van der Waals surface area contributed by atoms with Gasteiger partial charge in [0.1, 0.15) is 0 Å². The highest BCUT2D eigenvalue weighted by atomic mass is 16.6. The van der Waals surface area contributed by atoms with E-state index >= 15 is 0 Å². The Balaban J connectivity index is 1.66. The lowest BCUT2D eigenvalue weighted by atomic mass is 10.1. The lowest BCUT2D eigenvalue weighted by Crippen LogP contribution is -2.22. The molecule has 3 rings (SSSR count). The second kappa shape index (κ2) is 7.60. The van der Waals surface area contributed by atoms with Crippen LogP contribution in [-0.4, -0.2) is 37.6 Å². The Morgan fingerprint density at radius 2 is 2.04 bits per heavy atom. The van der Waals surface area contributed by atoms with Crippen LogP contribution in [0, 0.1) is 17.0 Å². The minimum atomic E-state index is -0.476. The van der Waals surface area contributed by atoms with Gasteiger partial charge in [-0.1, -0.05) is 18.2 Å². The van der Waals surface area contributed by atoms with Crippen LogP contribution in [0.5, 0.6) is 0 Å². The number of amides is 1. The first kappa shape index (κ1) is 18.0. The maximum absolute atomic E-state index is 12.2. The molecule has 2 N–H and O–H groups in total. The van der Waals surface area contributed by atoms with Crippen molar-refractivity contribution in [2.75, 3.05) is 17.2 Å². The van der Waals surface area contributed by atoms with E-state index in [1.54, 1.807) is 24.7 Å². The molecule has 0 fully saturated rings. The first-order valence-corrected chi connectivity index (χ1v) is 8.06. The molecule has 0 unspecified atom stereocenters. The van der Waals surface area contributed by atoms with E-state index in [4.69, 9.17) is 0 Å². The van der Waals surface area contributed by atoms with Crippen LogP contribution in [0.4, 0.5) is 17.1 Å². The summed E-state index contributed by atoms with van der Waals surface area (Å²) in [4.78, 5) is 22.7. The van der Waals surface area contributed by atoms with Crippen LogP contribution in [0.15, 0.2) is 42.5 Å². The van der Waals surface area contributed by atoms with Crippen LogP contribution >= 0.6 is 0 Å². The number of carbonyl (C=O) groups excluding carboxylic acids is 1. The Morgan fingerprint density at radius 3 is 2.74 bits per heavy atom. The zero-order valence-corrected chi connectivity index (χ0v) is 14.7. The third-order valence-corrected chi connectivity index (χ3v) is 3.97. The summed E-state index contributed by atoms with van der Waals surface area (Å²) in [7, 11) is 1.74. The highest BCUT2D eigenvalue weighted by molar-refractivity contribution is 5.95. The molecule has 1 amide bonds. The number of hydrogen-bond acceptors (Lipinski definition) is 7. The molecule has 0 radical (unpaired) electrons. The predicted octanol–water partition coefficient (Wildman–Crippen LogP) is 2.14. The fourth-order valence-corrected chi connectivity index (χ4v) is 2.58. The van der Waals surface area contributed by atoms with Crippen molar-refractivity contribution in [3.05, 3.63) is 58.1 Å². The largest absolute Gasteiger partial charge is 0.376 e. The van der Waals surface area contributed by atoms with E-state index in [1.807, 2.05) is 24.3 Å². The van der Waals surface area contributed by atoms with Gasteiger partial charge in [-0.2, -0.15) is 0 Å². The van der Waals surface area contributed by atoms with Crippen LogP contribution in [-0.2, 0) is 11.8 Å². The minimum Gasteiger partial charge on any atom is -0.376 e. The summed E-state index contributed by atoms with van der Waals surface area (Å²) in [6.45, 7) is 1.60. The number of benzene rings is 2. The number of aryl methyl sites for hydroxylation is 1. The summed E-state index contributed by atoms with van der Waals surface area (Å²) in [6.07, 6.45) is 0. The normalized spacial score (nSPS) is 10.4. The molecule has 2 aromatic carbocycles. The first-order chi connectivity index (χ1) is 13.0. The van der Waals surface area contributed by atoms with E-state index in [1.165, 1.54) is 12.1 Å². The van der Waals surface area contributed by atoms with Gasteiger partial charge in [0.25, 0.3) is 5.69 Å². The zero-order valence-electron chi connectivity index (χ0n) is 14.7. The van der Waals surface area contributed by atoms with Gasteiger partial charge in [0.2, 0.25) is 5.91 Å². The van der Waals surface area contributed by atoms with Crippen LogP contribution in [0.3, 0.4) is 0 Å². The molecule has 0 saturated carbocycles. The van der Waals surface area contributed by atoms with Crippen molar-refractivity contribution in [3.8, 4) is 11.4 Å². The molecule has 0 aliphatic heterocycles. The smallest absolute Gasteiger partial charge is 0.274 e. The fourth-order valence-electron chi connectivity index (χ4n) is 2.58. The number of rotatable bonds is 6. The van der Waals surface area contributed by atoms with Crippen molar-refractivity contribution in [3.63, 3.8) is 0 Å². The number of anilines is 2. The molecule has 1 aromatic heterocycles. The fraction of sp³-hybridized carbons (Fsp3) is 0.176. The molecule has 0 aliphatic carbocycles. The molecule has 0 atom stereocenters. The van der Waals surface area contributed by atoms with Crippen LogP contribution in [0.25, 0.3) is 11.4 Å². The molecule has 0 saturated heterocycles. The number of hydrogen-bond donors (Lipinski definition) is 2. The highest BCUT2D eigenvalue weighted by Crippen LogP contribution is 2.25. The Morgan fingerprint density at radius 1 is 1.26 bits per heavy atom. The van der Waals surface area contributed by atoms with Gasteiger partial charge in [0.05, 0.1) is 22.7 Å². The molecule has 138 valence electrons. The molecular weight excluding hydrogens is 350 g/mol. The van der Waals surface area contributed by atoms with Gasteiger partial charge in [-0.05, 0) is 35.5 Å². The van der Waals surface area contributed by atoms with Crippen molar-refractivity contribution in [2.45, 2.75) is 6.92 Å². The van der Waals surface area contributed by atoms with E-state index in [0.717, 1.165) is 11.3 Å². The standard InChI is InChI=1S/C17H17N7O3/c1-11-14(7-4-8-15(11)24(26)27)19-16(25)10-18-13-6-3-5-12(9-13)17-20-21-22-23(17)2/h3-9,18H,10H2,1-2H3,(H,19,25).